The molecule has 0 aromatic carbocycles. The van der Waals surface area contributed by atoms with Crippen molar-refractivity contribution in [1.29, 1.82) is 0 Å². The van der Waals surface area contributed by atoms with Gasteiger partial charge in [-0.05, 0) is 44.9 Å². The topological polar surface area (TPSA) is 63.6 Å². The number of aromatic nitrogens is 1. The van der Waals surface area contributed by atoms with Gasteiger partial charge in [-0.1, -0.05) is 13.0 Å². The Morgan fingerprint density at radius 2 is 2.26 bits per heavy atom. The van der Waals surface area contributed by atoms with Crippen molar-refractivity contribution in [3.8, 4) is 16.5 Å². The summed E-state index contributed by atoms with van der Waals surface area (Å²) in [5.41, 5.74) is 0.906. The number of carbonyl (C=O) groups is 1. The van der Waals surface area contributed by atoms with E-state index in [-0.39, 0.29) is 17.9 Å². The molecule has 0 spiro atoms. The zero-order valence-electron chi connectivity index (χ0n) is 16.0. The van der Waals surface area contributed by atoms with E-state index >= 15 is 0 Å². The van der Waals surface area contributed by atoms with Gasteiger partial charge in [0.25, 0.3) is 0 Å². The van der Waals surface area contributed by atoms with E-state index in [1.807, 2.05) is 6.92 Å². The molecule has 0 aliphatic carbocycles. The molecular formula is C21H25N3O2S. The maximum absolute atomic E-state index is 11.6. The first-order valence-corrected chi connectivity index (χ1v) is 10.4. The van der Waals surface area contributed by atoms with Crippen molar-refractivity contribution < 1.29 is 9.53 Å². The molecule has 3 atom stereocenters. The van der Waals surface area contributed by atoms with Crippen LogP contribution in [0.1, 0.15) is 38.0 Å². The molecule has 5 nitrogen and oxygen atoms in total. The molecule has 0 bridgehead atoms. The fourth-order valence-corrected chi connectivity index (χ4v) is 4.43. The third-order valence-electron chi connectivity index (χ3n) is 5.35. The molecule has 6 heteroatoms. The smallest absolute Gasteiger partial charge is 0.223 e. The number of amides is 1. The minimum absolute atomic E-state index is 0.0850. The Bertz CT molecular complexity index is 982. The van der Waals surface area contributed by atoms with E-state index in [1.165, 1.54) is 4.88 Å². The summed E-state index contributed by atoms with van der Waals surface area (Å²) < 4.78 is 6.29. The van der Waals surface area contributed by atoms with Crippen LogP contribution < -0.4 is 20.6 Å². The highest BCUT2D eigenvalue weighted by Gasteiger charge is 2.28. The highest BCUT2D eigenvalue weighted by Crippen LogP contribution is 2.27. The lowest BCUT2D eigenvalue weighted by Gasteiger charge is -2.21. The SMILES string of the molecule is CCC1CC=c2c(O[C@H](C)[C@H]3CNC(=O)C3)nc(-c3ccc(C)s3)cc2=N1. The number of aryl methyl sites for hydroxylation is 1. The van der Waals surface area contributed by atoms with Crippen molar-refractivity contribution in [3.63, 3.8) is 0 Å². The summed E-state index contributed by atoms with van der Waals surface area (Å²) in [4.78, 5) is 23.7. The second-order valence-corrected chi connectivity index (χ2v) is 8.67. The molecule has 1 saturated heterocycles. The first-order chi connectivity index (χ1) is 13.0. The summed E-state index contributed by atoms with van der Waals surface area (Å²) in [6, 6.07) is 6.61. The summed E-state index contributed by atoms with van der Waals surface area (Å²) in [7, 11) is 0. The second-order valence-electron chi connectivity index (χ2n) is 7.38. The largest absolute Gasteiger partial charge is 0.474 e. The van der Waals surface area contributed by atoms with Crippen molar-refractivity contribution in [2.45, 2.75) is 52.2 Å². The van der Waals surface area contributed by atoms with Crippen LogP contribution in [0.4, 0.5) is 0 Å². The Labute approximate surface area is 163 Å². The summed E-state index contributed by atoms with van der Waals surface area (Å²) in [6.45, 7) is 6.95. The van der Waals surface area contributed by atoms with Crippen LogP contribution in [0.5, 0.6) is 5.88 Å². The minimum atomic E-state index is -0.0850. The molecule has 2 aliphatic rings. The maximum atomic E-state index is 11.6. The normalized spacial score (nSPS) is 22.4. The quantitative estimate of drug-likeness (QED) is 0.863. The van der Waals surface area contributed by atoms with Crippen LogP contribution in [0, 0.1) is 12.8 Å². The van der Waals surface area contributed by atoms with Gasteiger partial charge in [-0.25, -0.2) is 4.98 Å². The molecular weight excluding hydrogens is 358 g/mol. The van der Waals surface area contributed by atoms with Crippen LogP contribution in [0.15, 0.2) is 23.2 Å². The number of ether oxygens (including phenoxy) is 1. The third kappa shape index (κ3) is 3.76. The minimum Gasteiger partial charge on any atom is -0.474 e. The van der Waals surface area contributed by atoms with Gasteiger partial charge in [-0.2, -0.15) is 0 Å². The van der Waals surface area contributed by atoms with Gasteiger partial charge in [0.15, 0.2) is 0 Å². The Hall–Kier alpha value is -2.21. The molecule has 1 unspecified atom stereocenters. The number of hydrogen-bond acceptors (Lipinski definition) is 5. The number of pyridine rings is 1. The highest BCUT2D eigenvalue weighted by molar-refractivity contribution is 7.15. The number of nitrogens with zero attached hydrogens (tertiary/aromatic N) is 2. The summed E-state index contributed by atoms with van der Waals surface area (Å²) >= 11 is 1.73. The second kappa shape index (κ2) is 7.43. The monoisotopic (exact) mass is 383 g/mol. The Morgan fingerprint density at radius 1 is 1.41 bits per heavy atom. The van der Waals surface area contributed by atoms with Crippen molar-refractivity contribution in [2.24, 2.45) is 10.9 Å². The molecule has 0 radical (unpaired) electrons. The van der Waals surface area contributed by atoms with Gasteiger partial charge in [0.2, 0.25) is 11.8 Å². The molecule has 0 saturated carbocycles. The van der Waals surface area contributed by atoms with Gasteiger partial charge in [-0.3, -0.25) is 9.79 Å². The van der Waals surface area contributed by atoms with Crippen molar-refractivity contribution >= 4 is 23.3 Å². The maximum Gasteiger partial charge on any atom is 0.223 e. The van der Waals surface area contributed by atoms with E-state index in [0.717, 1.165) is 34.0 Å². The fraction of sp³-hybridized carbons (Fsp3) is 0.476. The van der Waals surface area contributed by atoms with Crippen LogP contribution >= 0.6 is 11.3 Å². The molecule has 2 aromatic rings. The zero-order chi connectivity index (χ0) is 19.0. The third-order valence-corrected chi connectivity index (χ3v) is 6.38. The summed E-state index contributed by atoms with van der Waals surface area (Å²) in [5, 5.41) is 4.84. The van der Waals surface area contributed by atoms with Crippen molar-refractivity contribution in [3.05, 3.63) is 33.7 Å². The lowest BCUT2D eigenvalue weighted by Crippen LogP contribution is -2.36. The van der Waals surface area contributed by atoms with Crippen LogP contribution in [-0.2, 0) is 4.79 Å². The molecule has 1 fully saturated rings. The van der Waals surface area contributed by atoms with E-state index in [1.54, 1.807) is 11.3 Å². The van der Waals surface area contributed by atoms with Gasteiger partial charge >= 0.3 is 0 Å². The average Bonchev–Trinajstić information content (AvgIpc) is 3.29. The molecule has 4 heterocycles. The van der Waals surface area contributed by atoms with E-state index in [2.05, 4.69) is 43.4 Å². The molecule has 27 heavy (non-hydrogen) atoms. The summed E-state index contributed by atoms with van der Waals surface area (Å²) in [5.74, 6) is 0.908. The fourth-order valence-electron chi connectivity index (χ4n) is 3.60. The summed E-state index contributed by atoms with van der Waals surface area (Å²) in [6.07, 6.45) is 4.56. The van der Waals surface area contributed by atoms with Gasteiger partial charge < -0.3 is 10.1 Å². The number of nitrogens with one attached hydrogen (secondary N) is 1. The molecule has 2 aliphatic heterocycles. The lowest BCUT2D eigenvalue weighted by atomic mass is 10.0. The Morgan fingerprint density at radius 3 is 2.93 bits per heavy atom. The van der Waals surface area contributed by atoms with E-state index < -0.39 is 0 Å². The molecule has 1 N–H and O–H groups in total. The van der Waals surface area contributed by atoms with Gasteiger partial charge in [0.05, 0.1) is 27.2 Å². The van der Waals surface area contributed by atoms with Crippen molar-refractivity contribution in [2.75, 3.05) is 6.54 Å². The zero-order valence-corrected chi connectivity index (χ0v) is 16.8. The van der Waals surface area contributed by atoms with E-state index in [4.69, 9.17) is 14.7 Å². The Kier molecular flexibility index (Phi) is 5.00. The van der Waals surface area contributed by atoms with Gasteiger partial charge in [0, 0.05) is 23.8 Å². The van der Waals surface area contributed by atoms with Gasteiger partial charge in [-0.15, -0.1) is 11.3 Å². The number of hydrogen-bond donors (Lipinski definition) is 1. The molecule has 2 aromatic heterocycles. The lowest BCUT2D eigenvalue weighted by molar-refractivity contribution is -0.119. The van der Waals surface area contributed by atoms with E-state index in [9.17, 15) is 4.79 Å². The van der Waals surface area contributed by atoms with E-state index in [0.29, 0.717) is 24.9 Å². The molecule has 1 amide bonds. The first kappa shape index (κ1) is 18.2. The highest BCUT2D eigenvalue weighted by atomic mass is 32.1. The van der Waals surface area contributed by atoms with Crippen LogP contribution in [0.2, 0.25) is 0 Å². The van der Waals surface area contributed by atoms with Gasteiger partial charge in [0.1, 0.15) is 6.10 Å². The number of fused-ring (bicyclic) bond motifs is 1. The average molecular weight is 384 g/mol. The van der Waals surface area contributed by atoms with Crippen LogP contribution in [0.3, 0.4) is 0 Å². The molecule has 4 rings (SSSR count). The number of carbonyl (C=O) groups excluding carboxylic acids is 1. The predicted octanol–water partition coefficient (Wildman–Crippen LogP) is 2.60. The number of rotatable bonds is 5. The Balaban J connectivity index is 1.74. The van der Waals surface area contributed by atoms with Crippen molar-refractivity contribution in [1.82, 2.24) is 10.3 Å². The number of thiophene rings is 1. The predicted molar refractivity (Wildman–Crippen MR) is 107 cm³/mol. The molecule has 142 valence electrons. The standard InChI is InChI=1S/C21H25N3O2S/c1-4-15-6-7-16-17(23-15)10-18(19-8-5-12(2)27-19)24-21(16)26-13(3)14-9-20(25)22-11-14/h5,7-8,10,13-15H,4,6,9,11H2,1-3H3,(H,22,25)/t13-,14-,15?/m1/s1. The van der Waals surface area contributed by atoms with Crippen LogP contribution in [0.25, 0.3) is 16.6 Å². The first-order valence-electron chi connectivity index (χ1n) is 9.62. The van der Waals surface area contributed by atoms with Crippen LogP contribution in [-0.4, -0.2) is 29.6 Å².